The highest BCUT2D eigenvalue weighted by Gasteiger charge is 2.35. The predicted molar refractivity (Wildman–Crippen MR) is 145 cm³/mol. The van der Waals surface area contributed by atoms with Crippen LogP contribution in [0.2, 0.25) is 0 Å². The Bertz CT molecular complexity index is 1470. The van der Waals surface area contributed by atoms with Gasteiger partial charge in [0.1, 0.15) is 5.75 Å². The zero-order valence-corrected chi connectivity index (χ0v) is 20.8. The molecule has 2 heterocycles. The van der Waals surface area contributed by atoms with Gasteiger partial charge in [0.15, 0.2) is 5.71 Å². The molecule has 7 nitrogen and oxygen atoms in total. The van der Waals surface area contributed by atoms with Gasteiger partial charge >= 0.3 is 0 Å². The lowest BCUT2D eigenvalue weighted by molar-refractivity contribution is -0.113. The number of aromatic hydroxyl groups is 1. The number of nitrogens with one attached hydrogen (secondary N) is 1. The Hall–Kier alpha value is -4.17. The molecule has 2 amide bonds. The molecular weight excluding hydrogens is 472 g/mol. The Morgan fingerprint density at radius 1 is 1.00 bits per heavy atom. The molecule has 36 heavy (non-hydrogen) atoms. The maximum Gasteiger partial charge on any atom is 0.276 e. The molecule has 0 unspecified atom stereocenters. The molecule has 3 aromatic carbocycles. The Kier molecular flexibility index (Phi) is 6.20. The third-order valence-electron chi connectivity index (χ3n) is 5.92. The van der Waals surface area contributed by atoms with Crippen LogP contribution in [0.5, 0.6) is 5.75 Å². The second-order valence-corrected chi connectivity index (χ2v) is 9.94. The molecular formula is C28H24N4O3S. The monoisotopic (exact) mass is 496 g/mol. The largest absolute Gasteiger partial charge is 0.508 e. The van der Waals surface area contributed by atoms with Crippen LogP contribution >= 0.6 is 11.8 Å². The van der Waals surface area contributed by atoms with Crippen molar-refractivity contribution in [1.82, 2.24) is 0 Å². The maximum absolute atomic E-state index is 13.6. The van der Waals surface area contributed by atoms with Crippen molar-refractivity contribution in [3.05, 3.63) is 93.9 Å². The normalized spacial score (nSPS) is 18.6. The minimum atomic E-state index is -0.331. The average molecular weight is 497 g/mol. The molecule has 0 spiro atoms. The van der Waals surface area contributed by atoms with E-state index in [9.17, 15) is 14.7 Å². The van der Waals surface area contributed by atoms with Gasteiger partial charge in [-0.15, -0.1) is 10.2 Å². The smallest absolute Gasteiger partial charge is 0.276 e. The van der Waals surface area contributed by atoms with Crippen LogP contribution in [-0.4, -0.2) is 27.8 Å². The third kappa shape index (κ3) is 4.55. The first-order valence-corrected chi connectivity index (χ1v) is 12.3. The van der Waals surface area contributed by atoms with Gasteiger partial charge in [0.25, 0.3) is 11.8 Å². The summed E-state index contributed by atoms with van der Waals surface area (Å²) in [5.41, 5.74) is 5.13. The molecule has 0 aliphatic carbocycles. The Morgan fingerprint density at radius 3 is 2.53 bits per heavy atom. The summed E-state index contributed by atoms with van der Waals surface area (Å²) in [5, 5.41) is 21.5. The van der Waals surface area contributed by atoms with Gasteiger partial charge in [-0.25, -0.2) is 0 Å². The van der Waals surface area contributed by atoms with E-state index in [2.05, 4.69) is 29.4 Å². The second kappa shape index (κ2) is 9.47. The molecule has 0 saturated carbocycles. The average Bonchev–Trinajstić information content (AvgIpc) is 3.34. The minimum absolute atomic E-state index is 0.151. The molecule has 5 rings (SSSR count). The zero-order chi connectivity index (χ0) is 25.4. The van der Waals surface area contributed by atoms with Crippen molar-refractivity contribution < 1.29 is 14.7 Å². The second-order valence-electron chi connectivity index (χ2n) is 8.93. The van der Waals surface area contributed by atoms with Crippen molar-refractivity contribution in [2.75, 3.05) is 10.2 Å². The van der Waals surface area contributed by atoms with Gasteiger partial charge in [-0.3, -0.25) is 14.5 Å². The highest BCUT2D eigenvalue weighted by Crippen LogP contribution is 2.37. The van der Waals surface area contributed by atoms with Crippen molar-refractivity contribution in [3.8, 4) is 5.75 Å². The molecule has 1 fully saturated rings. The molecule has 3 aromatic rings. The first-order valence-electron chi connectivity index (χ1n) is 11.5. The Morgan fingerprint density at radius 2 is 1.78 bits per heavy atom. The van der Waals surface area contributed by atoms with Crippen LogP contribution in [0.3, 0.4) is 0 Å². The topological polar surface area (TPSA) is 94.4 Å². The van der Waals surface area contributed by atoms with Gasteiger partial charge in [0, 0.05) is 5.56 Å². The van der Waals surface area contributed by atoms with Crippen molar-refractivity contribution >= 4 is 51.9 Å². The van der Waals surface area contributed by atoms with E-state index < -0.39 is 0 Å². The summed E-state index contributed by atoms with van der Waals surface area (Å²) >= 11 is 1.19. The summed E-state index contributed by atoms with van der Waals surface area (Å²) in [5.74, 6) is -0.134. The number of carbonyl (C=O) groups is 2. The van der Waals surface area contributed by atoms with Crippen LogP contribution in [0, 0.1) is 6.92 Å². The Labute approximate surface area is 213 Å². The summed E-state index contributed by atoms with van der Waals surface area (Å²) in [6, 6.07) is 20.0. The first kappa shape index (κ1) is 23.6. The number of carbonyl (C=O) groups excluding carboxylic acids is 2. The summed E-state index contributed by atoms with van der Waals surface area (Å²) in [6.45, 7) is 6.13. The molecule has 2 N–H and O–H groups in total. The summed E-state index contributed by atoms with van der Waals surface area (Å²) in [4.78, 5) is 28.1. The van der Waals surface area contributed by atoms with Gasteiger partial charge in [0.2, 0.25) is 5.17 Å². The number of aryl methyl sites for hydroxylation is 1. The number of thioether (sulfide) groups is 1. The number of benzene rings is 3. The molecule has 2 aliphatic heterocycles. The van der Waals surface area contributed by atoms with Gasteiger partial charge in [-0.05, 0) is 78.2 Å². The summed E-state index contributed by atoms with van der Waals surface area (Å²) in [7, 11) is 0. The number of hydrogen-bond donors (Lipinski definition) is 2. The highest BCUT2D eigenvalue weighted by atomic mass is 32.2. The van der Waals surface area contributed by atoms with E-state index in [-0.39, 0.29) is 29.2 Å². The van der Waals surface area contributed by atoms with Crippen molar-refractivity contribution in [3.63, 3.8) is 0 Å². The summed E-state index contributed by atoms with van der Waals surface area (Å²) in [6.07, 6.45) is 1.75. The first-order chi connectivity index (χ1) is 17.3. The quantitative estimate of drug-likeness (QED) is 0.360. The number of amidine groups is 1. The Balaban J connectivity index is 1.59. The summed E-state index contributed by atoms with van der Waals surface area (Å²) < 4.78 is 0. The van der Waals surface area contributed by atoms with E-state index in [4.69, 9.17) is 0 Å². The van der Waals surface area contributed by atoms with Gasteiger partial charge < -0.3 is 10.4 Å². The third-order valence-corrected chi connectivity index (χ3v) is 6.88. The molecule has 0 aromatic heterocycles. The van der Waals surface area contributed by atoms with Crippen LogP contribution in [-0.2, 0) is 9.59 Å². The molecule has 0 atom stereocenters. The van der Waals surface area contributed by atoms with Gasteiger partial charge in [-0.2, -0.15) is 0 Å². The molecule has 0 radical (unpaired) electrons. The number of nitrogens with zero attached hydrogens (tertiary/aromatic N) is 3. The van der Waals surface area contributed by atoms with E-state index >= 15 is 0 Å². The number of fused-ring (bicyclic) bond motifs is 1. The number of hydrogen-bond acceptors (Lipinski definition) is 6. The van der Waals surface area contributed by atoms with E-state index in [0.717, 1.165) is 16.7 Å². The van der Waals surface area contributed by atoms with Crippen LogP contribution in [0.25, 0.3) is 6.08 Å². The van der Waals surface area contributed by atoms with Crippen molar-refractivity contribution in [2.24, 2.45) is 10.2 Å². The van der Waals surface area contributed by atoms with E-state index in [1.807, 2.05) is 49.4 Å². The fourth-order valence-electron chi connectivity index (χ4n) is 3.97. The fraction of sp³-hybridized carbons (Fsp3) is 0.143. The van der Waals surface area contributed by atoms with Crippen LogP contribution in [0.4, 0.5) is 11.4 Å². The lowest BCUT2D eigenvalue weighted by Crippen LogP contribution is -2.29. The van der Waals surface area contributed by atoms with Crippen LogP contribution in [0.1, 0.15) is 42.0 Å². The van der Waals surface area contributed by atoms with Crippen LogP contribution in [0.15, 0.2) is 81.8 Å². The number of anilines is 2. The van der Waals surface area contributed by atoms with Crippen molar-refractivity contribution in [1.29, 1.82) is 0 Å². The van der Waals surface area contributed by atoms with Crippen molar-refractivity contribution in [2.45, 2.75) is 26.7 Å². The zero-order valence-electron chi connectivity index (χ0n) is 20.0. The standard InChI is InChI=1S/C28H24N4O3S/c1-16(2)19-5-4-6-20(15-19)32-27(35)24(14-18-8-10-21(33)11-9-18)36-28(32)31-30-25-22-13-17(3)7-12-23(22)29-26(25)34/h4-16,33H,1-3H3,(H,29,30,34). The lowest BCUT2D eigenvalue weighted by Gasteiger charge is -2.17. The van der Waals surface area contributed by atoms with E-state index in [0.29, 0.717) is 27.0 Å². The van der Waals surface area contributed by atoms with Gasteiger partial charge in [0.05, 0.1) is 16.3 Å². The number of phenolic OH excluding ortho intramolecular Hbond substituents is 1. The molecule has 0 bridgehead atoms. The lowest BCUT2D eigenvalue weighted by atomic mass is 10.0. The minimum Gasteiger partial charge on any atom is -0.508 e. The maximum atomic E-state index is 13.6. The SMILES string of the molecule is Cc1ccc2c(c1)C(=NN=C1SC(=Cc3ccc(O)cc3)C(=O)N1c1cccc(C(C)C)c1)C(=O)N2. The molecule has 180 valence electrons. The predicted octanol–water partition coefficient (Wildman–Crippen LogP) is 5.66. The molecule has 2 aliphatic rings. The fourth-order valence-corrected chi connectivity index (χ4v) is 4.90. The number of rotatable bonds is 4. The van der Waals surface area contributed by atoms with E-state index in [1.54, 1.807) is 30.3 Å². The number of phenols is 1. The molecule has 1 saturated heterocycles. The molecule has 8 heteroatoms. The van der Waals surface area contributed by atoms with Crippen LogP contribution < -0.4 is 10.2 Å². The van der Waals surface area contributed by atoms with Gasteiger partial charge in [-0.1, -0.05) is 49.7 Å². The number of amides is 2. The highest BCUT2D eigenvalue weighted by molar-refractivity contribution is 8.19. The van der Waals surface area contributed by atoms with E-state index in [1.165, 1.54) is 16.7 Å².